The molecule has 2 saturated carbocycles. The van der Waals surface area contributed by atoms with Gasteiger partial charge in [-0.3, -0.25) is 0 Å². The minimum Gasteiger partial charge on any atom is -0.207 e. The average Bonchev–Trinajstić information content (AvgIpc) is 3.22. The van der Waals surface area contributed by atoms with Crippen molar-refractivity contribution in [3.63, 3.8) is 0 Å². The van der Waals surface area contributed by atoms with E-state index in [4.69, 9.17) is 0 Å². The van der Waals surface area contributed by atoms with E-state index >= 15 is 0 Å². The molecule has 0 N–H and O–H groups in total. The maximum absolute atomic E-state index is 13.4. The van der Waals surface area contributed by atoms with E-state index in [1.165, 1.54) is 83.9 Å². The van der Waals surface area contributed by atoms with Gasteiger partial charge in [0, 0.05) is 26.2 Å². The summed E-state index contributed by atoms with van der Waals surface area (Å²) in [5.41, 5.74) is 2.45. The molecule has 0 atom stereocenters. The van der Waals surface area contributed by atoms with E-state index < -0.39 is 20.0 Å². The minimum atomic E-state index is -3.67. The minimum absolute atomic E-state index is 0.159. The molecule has 2 aliphatic carbocycles. The van der Waals surface area contributed by atoms with Crippen molar-refractivity contribution in [2.45, 2.75) is 92.3 Å². The van der Waals surface area contributed by atoms with Gasteiger partial charge >= 0.3 is 0 Å². The molecule has 0 aromatic heterocycles. The van der Waals surface area contributed by atoms with E-state index in [2.05, 4.69) is 0 Å². The molecule has 202 valence electrons. The van der Waals surface area contributed by atoms with Crippen molar-refractivity contribution in [1.82, 2.24) is 8.61 Å². The molecular formula is C29H40N2O4S2. The summed E-state index contributed by atoms with van der Waals surface area (Å²) in [6.45, 7) is 0.955. The molecule has 2 aromatic rings. The molecule has 3 fully saturated rings. The highest BCUT2D eigenvalue weighted by Crippen LogP contribution is 2.34. The highest BCUT2D eigenvalue weighted by atomic mass is 32.2. The van der Waals surface area contributed by atoms with Crippen LogP contribution in [0.15, 0.2) is 58.3 Å². The standard InChI is InChI=1S/C29H40N2O4S2/c32-36(33,28-16-12-26(13-17-28)24-8-3-1-4-9-24)30-20-7-21-31(23-22-30)37(34,35)29-18-14-27(15-19-29)25-10-5-2-6-11-25/h12-19,24-25H,1-11,20-23H2. The maximum Gasteiger partial charge on any atom is 0.243 e. The molecule has 37 heavy (non-hydrogen) atoms. The Kier molecular flexibility index (Phi) is 8.39. The highest BCUT2D eigenvalue weighted by molar-refractivity contribution is 7.89. The van der Waals surface area contributed by atoms with Crippen LogP contribution in [0.1, 0.15) is 93.6 Å². The third kappa shape index (κ3) is 5.97. The summed E-state index contributed by atoms with van der Waals surface area (Å²) >= 11 is 0. The smallest absolute Gasteiger partial charge is 0.207 e. The van der Waals surface area contributed by atoms with Crippen LogP contribution in [0.25, 0.3) is 0 Å². The van der Waals surface area contributed by atoms with Crippen molar-refractivity contribution in [3.05, 3.63) is 59.7 Å². The molecule has 3 aliphatic rings. The van der Waals surface area contributed by atoms with Crippen molar-refractivity contribution >= 4 is 20.0 Å². The molecule has 6 nitrogen and oxygen atoms in total. The van der Waals surface area contributed by atoms with Crippen molar-refractivity contribution in [1.29, 1.82) is 0 Å². The molecule has 0 bridgehead atoms. The van der Waals surface area contributed by atoms with E-state index in [9.17, 15) is 16.8 Å². The Labute approximate surface area is 223 Å². The zero-order chi connectivity index (χ0) is 25.9. The molecular weight excluding hydrogens is 504 g/mol. The molecule has 5 rings (SSSR count). The van der Waals surface area contributed by atoms with Crippen molar-refractivity contribution in [2.75, 3.05) is 26.2 Å². The first-order valence-electron chi connectivity index (χ1n) is 14.1. The van der Waals surface area contributed by atoms with E-state index in [-0.39, 0.29) is 13.1 Å². The van der Waals surface area contributed by atoms with Crippen molar-refractivity contribution in [3.8, 4) is 0 Å². The largest absolute Gasteiger partial charge is 0.243 e. The summed E-state index contributed by atoms with van der Waals surface area (Å²) in [4.78, 5) is 0.586. The lowest BCUT2D eigenvalue weighted by Gasteiger charge is -2.24. The van der Waals surface area contributed by atoms with Crippen LogP contribution < -0.4 is 0 Å². The van der Waals surface area contributed by atoms with Crippen LogP contribution in [0.3, 0.4) is 0 Å². The second kappa shape index (κ2) is 11.6. The second-order valence-corrected chi connectivity index (χ2v) is 14.8. The van der Waals surface area contributed by atoms with Gasteiger partial charge < -0.3 is 0 Å². The summed E-state index contributed by atoms with van der Waals surface area (Å²) in [5.74, 6) is 1.05. The van der Waals surface area contributed by atoms with Gasteiger partial charge in [0.15, 0.2) is 0 Å². The predicted octanol–water partition coefficient (Wildman–Crippen LogP) is 5.87. The Morgan fingerprint density at radius 3 is 1.16 bits per heavy atom. The molecule has 1 heterocycles. The van der Waals surface area contributed by atoms with E-state index in [0.29, 0.717) is 41.1 Å². The molecule has 1 saturated heterocycles. The van der Waals surface area contributed by atoms with E-state index in [0.717, 1.165) is 0 Å². The average molecular weight is 545 g/mol. The van der Waals surface area contributed by atoms with Gasteiger partial charge in [-0.05, 0) is 79.3 Å². The van der Waals surface area contributed by atoms with Crippen molar-refractivity contribution in [2.24, 2.45) is 0 Å². The van der Waals surface area contributed by atoms with Crippen LogP contribution >= 0.6 is 0 Å². The van der Waals surface area contributed by atoms with Crippen LogP contribution in [-0.2, 0) is 20.0 Å². The SMILES string of the molecule is O=S(=O)(c1ccc(C2CCCCC2)cc1)N1CCCN(S(=O)(=O)c2ccc(C3CCCCC3)cc2)CC1. The summed E-state index contributed by atoms with van der Waals surface area (Å²) in [7, 11) is -7.35. The number of benzene rings is 2. The fourth-order valence-electron chi connectivity index (χ4n) is 6.34. The summed E-state index contributed by atoms with van der Waals surface area (Å²) in [5, 5.41) is 0. The first-order chi connectivity index (χ1) is 17.9. The Morgan fingerprint density at radius 1 is 0.459 bits per heavy atom. The molecule has 2 aromatic carbocycles. The van der Waals surface area contributed by atoms with Gasteiger partial charge in [0.05, 0.1) is 9.79 Å². The first-order valence-corrected chi connectivity index (χ1v) is 16.9. The fraction of sp³-hybridized carbons (Fsp3) is 0.586. The van der Waals surface area contributed by atoms with Crippen molar-refractivity contribution < 1.29 is 16.8 Å². The van der Waals surface area contributed by atoms with Gasteiger partial charge in [-0.15, -0.1) is 0 Å². The van der Waals surface area contributed by atoms with Crippen LogP contribution in [0, 0.1) is 0 Å². The quantitative estimate of drug-likeness (QED) is 0.456. The molecule has 0 radical (unpaired) electrons. The number of nitrogens with zero attached hydrogens (tertiary/aromatic N) is 2. The normalized spacial score (nSPS) is 22.1. The number of rotatable bonds is 6. The highest BCUT2D eigenvalue weighted by Gasteiger charge is 2.32. The lowest BCUT2D eigenvalue weighted by molar-refractivity contribution is 0.404. The summed E-state index contributed by atoms with van der Waals surface area (Å²) in [6.07, 6.45) is 12.7. The number of sulfonamides is 2. The Hall–Kier alpha value is -1.74. The van der Waals surface area contributed by atoms with E-state index in [1.54, 1.807) is 24.3 Å². The summed E-state index contributed by atoms with van der Waals surface area (Å²) in [6, 6.07) is 14.8. The van der Waals surface area contributed by atoms with Gasteiger partial charge in [0.25, 0.3) is 0 Å². The third-order valence-corrected chi connectivity index (χ3v) is 12.4. The van der Waals surface area contributed by atoms with Crippen LogP contribution in [0.2, 0.25) is 0 Å². The Morgan fingerprint density at radius 2 is 0.811 bits per heavy atom. The second-order valence-electron chi connectivity index (χ2n) is 11.0. The van der Waals surface area contributed by atoms with Crippen LogP contribution in [0.4, 0.5) is 0 Å². The lowest BCUT2D eigenvalue weighted by Crippen LogP contribution is -2.37. The number of hydrogen-bond acceptors (Lipinski definition) is 4. The molecule has 1 aliphatic heterocycles. The van der Waals surface area contributed by atoms with Crippen LogP contribution in [-0.4, -0.2) is 51.6 Å². The Bertz CT molecular complexity index is 1150. The monoisotopic (exact) mass is 544 g/mol. The fourth-order valence-corrected chi connectivity index (χ4v) is 9.28. The van der Waals surface area contributed by atoms with Crippen LogP contribution in [0.5, 0.6) is 0 Å². The molecule has 0 unspecified atom stereocenters. The third-order valence-electron chi connectivity index (χ3n) is 8.60. The van der Waals surface area contributed by atoms with Gasteiger partial charge in [-0.25, -0.2) is 16.8 Å². The van der Waals surface area contributed by atoms with Gasteiger partial charge in [0.1, 0.15) is 0 Å². The molecule has 0 spiro atoms. The Balaban J connectivity index is 1.24. The lowest BCUT2D eigenvalue weighted by atomic mass is 9.84. The number of hydrogen-bond donors (Lipinski definition) is 0. The first kappa shape index (κ1) is 26.9. The predicted molar refractivity (Wildman–Crippen MR) is 147 cm³/mol. The summed E-state index contributed by atoms with van der Waals surface area (Å²) < 4.78 is 56.5. The maximum atomic E-state index is 13.4. The van der Waals surface area contributed by atoms with Gasteiger partial charge in [-0.1, -0.05) is 62.8 Å². The van der Waals surface area contributed by atoms with E-state index in [1.807, 2.05) is 24.3 Å². The zero-order valence-corrected chi connectivity index (χ0v) is 23.4. The van der Waals surface area contributed by atoms with Gasteiger partial charge in [0.2, 0.25) is 20.0 Å². The zero-order valence-electron chi connectivity index (χ0n) is 21.7. The molecule has 8 heteroatoms. The topological polar surface area (TPSA) is 74.8 Å². The molecule has 0 amide bonds. The van der Waals surface area contributed by atoms with Gasteiger partial charge in [-0.2, -0.15) is 8.61 Å².